The summed E-state index contributed by atoms with van der Waals surface area (Å²) in [5.74, 6) is -0.300. The van der Waals surface area contributed by atoms with Crippen LogP contribution in [0.1, 0.15) is 16.1 Å². The van der Waals surface area contributed by atoms with Gasteiger partial charge in [0.05, 0.1) is 18.3 Å². The van der Waals surface area contributed by atoms with Crippen molar-refractivity contribution in [1.82, 2.24) is 25.3 Å². The molecule has 2 heterocycles. The summed E-state index contributed by atoms with van der Waals surface area (Å²) in [4.78, 5) is 25.6. The molecule has 0 radical (unpaired) electrons. The average molecular weight is 265 g/mol. The Labute approximate surface area is 111 Å². The largest absolute Gasteiger partial charge is 0.343 e. The van der Waals surface area contributed by atoms with Crippen LogP contribution < -0.4 is 10.6 Å². The molecule has 7 heteroatoms. The number of hydrogen-bond acceptors (Lipinski definition) is 4. The number of nitrogens with one attached hydrogen (secondary N) is 2. The van der Waals surface area contributed by atoms with Crippen molar-refractivity contribution in [3.8, 4) is 0 Å². The Balaban J connectivity index is 1.86. The lowest BCUT2D eigenvalue weighted by Gasteiger charge is -2.27. The first-order chi connectivity index (χ1) is 9.09. The van der Waals surface area contributed by atoms with Crippen LogP contribution in [-0.2, 0) is 11.8 Å². The number of carbonyl (C=O) groups excluding carboxylic acids is 2. The lowest BCUT2D eigenvalue weighted by molar-refractivity contribution is -0.130. The molecule has 0 aromatic carbocycles. The minimum Gasteiger partial charge on any atom is -0.343 e. The molecule has 19 heavy (non-hydrogen) atoms. The SMILES string of the molecule is Cc1c(C(=O)NCC(=O)N2CCNCC2)cnn1C. The molecule has 104 valence electrons. The van der Waals surface area contributed by atoms with Crippen LogP contribution in [-0.4, -0.2) is 59.2 Å². The van der Waals surface area contributed by atoms with Crippen molar-refractivity contribution in [2.45, 2.75) is 6.92 Å². The van der Waals surface area contributed by atoms with Gasteiger partial charge in [-0.3, -0.25) is 14.3 Å². The van der Waals surface area contributed by atoms with E-state index in [1.807, 2.05) is 6.92 Å². The summed E-state index contributed by atoms with van der Waals surface area (Å²) in [7, 11) is 1.78. The summed E-state index contributed by atoms with van der Waals surface area (Å²) >= 11 is 0. The highest BCUT2D eigenvalue weighted by Gasteiger charge is 2.18. The van der Waals surface area contributed by atoms with Gasteiger partial charge in [0.25, 0.3) is 5.91 Å². The molecule has 2 amide bonds. The first-order valence-electron chi connectivity index (χ1n) is 6.35. The van der Waals surface area contributed by atoms with Crippen molar-refractivity contribution in [2.24, 2.45) is 7.05 Å². The Morgan fingerprint density at radius 2 is 2.11 bits per heavy atom. The van der Waals surface area contributed by atoms with Gasteiger partial charge in [0.1, 0.15) is 0 Å². The van der Waals surface area contributed by atoms with Crippen molar-refractivity contribution in [1.29, 1.82) is 0 Å². The molecule has 1 fully saturated rings. The number of amides is 2. The Morgan fingerprint density at radius 3 is 2.68 bits per heavy atom. The van der Waals surface area contributed by atoms with Gasteiger partial charge in [-0.2, -0.15) is 5.10 Å². The molecule has 2 rings (SSSR count). The maximum absolute atomic E-state index is 11.9. The summed E-state index contributed by atoms with van der Waals surface area (Å²) < 4.78 is 1.63. The van der Waals surface area contributed by atoms with Crippen LogP contribution in [0.25, 0.3) is 0 Å². The Hall–Kier alpha value is -1.89. The molecule has 0 atom stereocenters. The topological polar surface area (TPSA) is 79.3 Å². The van der Waals surface area contributed by atoms with E-state index in [1.165, 1.54) is 6.20 Å². The van der Waals surface area contributed by atoms with E-state index in [4.69, 9.17) is 0 Å². The van der Waals surface area contributed by atoms with Crippen molar-refractivity contribution in [3.63, 3.8) is 0 Å². The van der Waals surface area contributed by atoms with Gasteiger partial charge in [0.2, 0.25) is 5.91 Å². The maximum atomic E-state index is 11.9. The van der Waals surface area contributed by atoms with Crippen molar-refractivity contribution >= 4 is 11.8 Å². The van der Waals surface area contributed by atoms with Crippen LogP contribution in [0.2, 0.25) is 0 Å². The van der Waals surface area contributed by atoms with Gasteiger partial charge in [-0.25, -0.2) is 0 Å². The van der Waals surface area contributed by atoms with Crippen LogP contribution in [0, 0.1) is 6.92 Å². The van der Waals surface area contributed by atoms with Crippen LogP contribution >= 0.6 is 0 Å². The average Bonchev–Trinajstić information content (AvgIpc) is 2.77. The normalized spacial score (nSPS) is 15.4. The van der Waals surface area contributed by atoms with E-state index in [9.17, 15) is 9.59 Å². The van der Waals surface area contributed by atoms with E-state index in [2.05, 4.69) is 15.7 Å². The number of nitrogens with zero attached hydrogens (tertiary/aromatic N) is 3. The molecule has 7 nitrogen and oxygen atoms in total. The molecule has 0 saturated carbocycles. The number of piperazine rings is 1. The highest BCUT2D eigenvalue weighted by Crippen LogP contribution is 2.04. The monoisotopic (exact) mass is 265 g/mol. The van der Waals surface area contributed by atoms with E-state index >= 15 is 0 Å². The Bertz CT molecular complexity index is 476. The third-order valence-electron chi connectivity index (χ3n) is 3.35. The van der Waals surface area contributed by atoms with E-state index in [-0.39, 0.29) is 18.4 Å². The summed E-state index contributed by atoms with van der Waals surface area (Å²) in [6.07, 6.45) is 1.51. The predicted octanol–water partition coefficient (Wildman–Crippen LogP) is -1.11. The zero-order valence-corrected chi connectivity index (χ0v) is 11.3. The zero-order chi connectivity index (χ0) is 13.8. The second kappa shape index (κ2) is 5.83. The van der Waals surface area contributed by atoms with Crippen LogP contribution in [0.5, 0.6) is 0 Å². The van der Waals surface area contributed by atoms with Gasteiger partial charge in [-0.15, -0.1) is 0 Å². The van der Waals surface area contributed by atoms with Gasteiger partial charge in [0.15, 0.2) is 0 Å². The van der Waals surface area contributed by atoms with Crippen molar-refractivity contribution in [3.05, 3.63) is 17.5 Å². The third-order valence-corrected chi connectivity index (χ3v) is 3.35. The number of rotatable bonds is 3. The minimum absolute atomic E-state index is 0.0349. The third kappa shape index (κ3) is 3.11. The number of aromatic nitrogens is 2. The van der Waals surface area contributed by atoms with Crippen molar-refractivity contribution < 1.29 is 9.59 Å². The van der Waals surface area contributed by atoms with Gasteiger partial charge in [0, 0.05) is 38.9 Å². The number of carbonyl (C=O) groups is 2. The van der Waals surface area contributed by atoms with E-state index in [1.54, 1.807) is 16.6 Å². The van der Waals surface area contributed by atoms with Gasteiger partial charge in [-0.1, -0.05) is 0 Å². The summed E-state index contributed by atoms with van der Waals surface area (Å²) in [6, 6.07) is 0. The summed E-state index contributed by atoms with van der Waals surface area (Å²) in [5.41, 5.74) is 1.29. The molecule has 0 bridgehead atoms. The molecule has 1 aliphatic heterocycles. The van der Waals surface area contributed by atoms with E-state index in [0.29, 0.717) is 18.7 Å². The molecule has 0 unspecified atom stereocenters. The van der Waals surface area contributed by atoms with Gasteiger partial charge in [-0.05, 0) is 6.92 Å². The van der Waals surface area contributed by atoms with Crippen molar-refractivity contribution in [2.75, 3.05) is 32.7 Å². The first-order valence-corrected chi connectivity index (χ1v) is 6.35. The summed E-state index contributed by atoms with van der Waals surface area (Å²) in [6.45, 7) is 4.86. The lowest BCUT2D eigenvalue weighted by Crippen LogP contribution is -2.49. The smallest absolute Gasteiger partial charge is 0.255 e. The molecule has 1 aromatic heterocycles. The van der Waals surface area contributed by atoms with Crippen LogP contribution in [0.3, 0.4) is 0 Å². The highest BCUT2D eigenvalue weighted by atomic mass is 16.2. The molecule has 1 saturated heterocycles. The maximum Gasteiger partial charge on any atom is 0.255 e. The lowest BCUT2D eigenvalue weighted by atomic mass is 10.2. The fourth-order valence-electron chi connectivity index (χ4n) is 2.00. The van der Waals surface area contributed by atoms with E-state index in [0.717, 1.165) is 18.8 Å². The molecular weight excluding hydrogens is 246 g/mol. The van der Waals surface area contributed by atoms with Crippen LogP contribution in [0.4, 0.5) is 0 Å². The molecule has 2 N–H and O–H groups in total. The molecule has 0 aliphatic carbocycles. The first kappa shape index (κ1) is 13.5. The highest BCUT2D eigenvalue weighted by molar-refractivity contribution is 5.97. The fraction of sp³-hybridized carbons (Fsp3) is 0.583. The van der Waals surface area contributed by atoms with Gasteiger partial charge < -0.3 is 15.5 Å². The van der Waals surface area contributed by atoms with Gasteiger partial charge >= 0.3 is 0 Å². The van der Waals surface area contributed by atoms with E-state index < -0.39 is 0 Å². The number of hydrogen-bond donors (Lipinski definition) is 2. The Morgan fingerprint density at radius 1 is 1.42 bits per heavy atom. The predicted molar refractivity (Wildman–Crippen MR) is 69.7 cm³/mol. The standard InChI is InChI=1S/C12H19N5O2/c1-9-10(7-15-16(9)2)12(19)14-8-11(18)17-5-3-13-4-6-17/h7,13H,3-6,8H2,1-2H3,(H,14,19). The second-order valence-electron chi connectivity index (χ2n) is 4.58. The molecule has 0 spiro atoms. The number of aryl methyl sites for hydroxylation is 1. The molecule has 1 aliphatic rings. The molecular formula is C12H19N5O2. The zero-order valence-electron chi connectivity index (χ0n) is 11.3. The van der Waals surface area contributed by atoms with Crippen LogP contribution in [0.15, 0.2) is 6.20 Å². The quantitative estimate of drug-likeness (QED) is 0.726. The molecule has 1 aromatic rings. The fourth-order valence-corrected chi connectivity index (χ4v) is 2.00. The second-order valence-corrected chi connectivity index (χ2v) is 4.58. The Kier molecular flexibility index (Phi) is 4.16. The minimum atomic E-state index is -0.255. The summed E-state index contributed by atoms with van der Waals surface area (Å²) in [5, 5.41) is 9.83.